The van der Waals surface area contributed by atoms with Gasteiger partial charge < -0.3 is 14.4 Å². The van der Waals surface area contributed by atoms with Gasteiger partial charge in [-0.1, -0.05) is 19.1 Å². The molecule has 1 atom stereocenters. The third-order valence-corrected chi connectivity index (χ3v) is 6.90. The number of hydrogen-bond acceptors (Lipinski definition) is 4. The zero-order valence-corrected chi connectivity index (χ0v) is 19.2. The first-order valence-corrected chi connectivity index (χ1v) is 11.6. The van der Waals surface area contributed by atoms with E-state index in [-0.39, 0.29) is 11.8 Å². The highest BCUT2D eigenvalue weighted by molar-refractivity contribution is 6.03. The molecular formula is C27H25N5O2. The highest BCUT2D eigenvalue weighted by Gasteiger charge is 2.28. The number of anilines is 1. The summed E-state index contributed by atoms with van der Waals surface area (Å²) in [6, 6.07) is 14.1. The van der Waals surface area contributed by atoms with Crippen molar-refractivity contribution in [3.8, 4) is 22.3 Å². The van der Waals surface area contributed by atoms with E-state index in [1.54, 1.807) is 11.1 Å². The van der Waals surface area contributed by atoms with Crippen LogP contribution >= 0.6 is 0 Å². The van der Waals surface area contributed by atoms with Crippen molar-refractivity contribution in [3.05, 3.63) is 66.7 Å². The van der Waals surface area contributed by atoms with Gasteiger partial charge in [0.1, 0.15) is 11.3 Å². The molecule has 1 fully saturated rings. The summed E-state index contributed by atoms with van der Waals surface area (Å²) in [5.74, 6) is 0.597. The minimum absolute atomic E-state index is 0.0213. The maximum Gasteiger partial charge on any atom is 0.270 e. The maximum atomic E-state index is 12.7. The van der Waals surface area contributed by atoms with E-state index in [2.05, 4.69) is 23.0 Å². The molecule has 1 aromatic carbocycles. The lowest BCUT2D eigenvalue weighted by Gasteiger charge is -2.24. The number of pyridine rings is 2. The predicted octanol–water partition coefficient (Wildman–Crippen LogP) is 4.22. The molecule has 0 spiro atoms. The Hall–Kier alpha value is -4.00. The fraction of sp³-hybridized carbons (Fsp3) is 0.259. The number of fused-ring (bicyclic) bond motifs is 3. The fourth-order valence-electron chi connectivity index (χ4n) is 5.07. The van der Waals surface area contributed by atoms with E-state index in [0.29, 0.717) is 24.6 Å². The summed E-state index contributed by atoms with van der Waals surface area (Å²) >= 11 is 0. The molecule has 0 saturated carbocycles. The number of benzene rings is 1. The van der Waals surface area contributed by atoms with E-state index in [4.69, 9.17) is 0 Å². The van der Waals surface area contributed by atoms with E-state index in [1.165, 1.54) is 0 Å². The molecule has 0 radical (unpaired) electrons. The second-order valence-electron chi connectivity index (χ2n) is 9.33. The Bertz CT molecular complexity index is 1440. The van der Waals surface area contributed by atoms with Crippen LogP contribution in [0.3, 0.4) is 0 Å². The van der Waals surface area contributed by atoms with Gasteiger partial charge in [0.05, 0.1) is 0 Å². The standard InChI is InChI=1S/C27H25N5O2/c1-17-11-25(33)32(16-17)21-5-3-18(4-6-21)19-12-20(15-28-14-19)22-7-8-29-26-23(22)13-24-27(34)30(2)9-10-31(24)26/h3-8,12-15,17H,9-11,16H2,1-2H3/t17-/m0/s1. The summed E-state index contributed by atoms with van der Waals surface area (Å²) in [5, 5.41) is 0.956. The zero-order valence-electron chi connectivity index (χ0n) is 19.2. The van der Waals surface area contributed by atoms with Crippen LogP contribution in [0, 0.1) is 5.92 Å². The number of aromatic nitrogens is 3. The van der Waals surface area contributed by atoms with Crippen LogP contribution in [0.2, 0.25) is 0 Å². The van der Waals surface area contributed by atoms with Gasteiger partial charge in [0, 0.05) is 73.9 Å². The van der Waals surface area contributed by atoms with Gasteiger partial charge in [-0.2, -0.15) is 0 Å². The molecule has 0 bridgehead atoms. The van der Waals surface area contributed by atoms with Crippen molar-refractivity contribution in [1.82, 2.24) is 19.4 Å². The lowest BCUT2D eigenvalue weighted by atomic mass is 10.0. The zero-order chi connectivity index (χ0) is 23.4. The highest BCUT2D eigenvalue weighted by atomic mass is 16.2. The largest absolute Gasteiger partial charge is 0.339 e. The van der Waals surface area contributed by atoms with Gasteiger partial charge in [0.2, 0.25) is 5.91 Å². The van der Waals surface area contributed by atoms with Crippen molar-refractivity contribution in [2.24, 2.45) is 5.92 Å². The molecule has 7 heteroatoms. The molecular weight excluding hydrogens is 426 g/mol. The number of carbonyl (C=O) groups excluding carboxylic acids is 2. The fourth-order valence-corrected chi connectivity index (χ4v) is 5.07. The second kappa shape index (κ2) is 7.80. The topological polar surface area (TPSA) is 71.3 Å². The SMILES string of the molecule is C[C@H]1CC(=O)N(c2ccc(-c3cncc(-c4ccnc5c4cc4n5CCN(C)C4=O)c3)cc2)C1. The lowest BCUT2D eigenvalue weighted by Crippen LogP contribution is -2.36. The molecule has 0 N–H and O–H groups in total. The van der Waals surface area contributed by atoms with E-state index in [9.17, 15) is 9.59 Å². The smallest absolute Gasteiger partial charge is 0.270 e. The summed E-state index contributed by atoms with van der Waals surface area (Å²) in [5.41, 5.74) is 6.45. The lowest BCUT2D eigenvalue weighted by molar-refractivity contribution is -0.117. The molecule has 2 amide bonds. The van der Waals surface area contributed by atoms with Crippen molar-refractivity contribution in [2.45, 2.75) is 19.9 Å². The molecule has 4 aromatic rings. The number of rotatable bonds is 3. The van der Waals surface area contributed by atoms with Crippen LogP contribution in [0.1, 0.15) is 23.8 Å². The summed E-state index contributed by atoms with van der Waals surface area (Å²) in [6.45, 7) is 4.29. The summed E-state index contributed by atoms with van der Waals surface area (Å²) in [7, 11) is 1.83. The van der Waals surface area contributed by atoms with Gasteiger partial charge in [-0.3, -0.25) is 14.6 Å². The Kier molecular flexibility index (Phi) is 4.72. The average molecular weight is 452 g/mol. The Labute approximate surface area is 197 Å². The van der Waals surface area contributed by atoms with Crippen LogP contribution in [-0.4, -0.2) is 51.4 Å². The Balaban J connectivity index is 1.37. The first-order chi connectivity index (χ1) is 16.5. The monoisotopic (exact) mass is 451 g/mol. The Morgan fingerprint density at radius 1 is 0.941 bits per heavy atom. The van der Waals surface area contributed by atoms with Crippen LogP contribution in [0.4, 0.5) is 5.69 Å². The molecule has 1 saturated heterocycles. The number of hydrogen-bond donors (Lipinski definition) is 0. The maximum absolute atomic E-state index is 12.7. The molecule has 3 aromatic heterocycles. The van der Waals surface area contributed by atoms with Gasteiger partial charge in [-0.25, -0.2) is 4.98 Å². The van der Waals surface area contributed by atoms with Crippen molar-refractivity contribution in [2.75, 3.05) is 25.0 Å². The molecule has 2 aliphatic rings. The first-order valence-electron chi connectivity index (χ1n) is 11.6. The number of likely N-dealkylation sites (N-methyl/N-ethyl adjacent to an activating group) is 1. The molecule has 2 aliphatic heterocycles. The minimum atomic E-state index is 0.0213. The normalized spacial score (nSPS) is 18.1. The first kappa shape index (κ1) is 20.6. The van der Waals surface area contributed by atoms with Gasteiger partial charge >= 0.3 is 0 Å². The predicted molar refractivity (Wildman–Crippen MR) is 131 cm³/mol. The number of nitrogens with zero attached hydrogens (tertiary/aromatic N) is 5. The van der Waals surface area contributed by atoms with Crippen LogP contribution < -0.4 is 4.90 Å². The highest BCUT2D eigenvalue weighted by Crippen LogP contribution is 2.34. The van der Waals surface area contributed by atoms with E-state index in [1.807, 2.05) is 65.3 Å². The van der Waals surface area contributed by atoms with E-state index < -0.39 is 0 Å². The van der Waals surface area contributed by atoms with Gasteiger partial charge in [-0.15, -0.1) is 0 Å². The average Bonchev–Trinajstić information content (AvgIpc) is 3.41. The number of amides is 2. The minimum Gasteiger partial charge on any atom is -0.339 e. The van der Waals surface area contributed by atoms with Crippen molar-refractivity contribution in [1.29, 1.82) is 0 Å². The summed E-state index contributed by atoms with van der Waals surface area (Å²) in [6.07, 6.45) is 6.10. The summed E-state index contributed by atoms with van der Waals surface area (Å²) in [4.78, 5) is 37.6. The molecule has 34 heavy (non-hydrogen) atoms. The van der Waals surface area contributed by atoms with E-state index >= 15 is 0 Å². The molecule has 170 valence electrons. The molecule has 0 unspecified atom stereocenters. The van der Waals surface area contributed by atoms with Gasteiger partial charge in [0.15, 0.2) is 0 Å². The van der Waals surface area contributed by atoms with Crippen LogP contribution in [0.25, 0.3) is 33.3 Å². The third-order valence-electron chi connectivity index (χ3n) is 6.90. The quantitative estimate of drug-likeness (QED) is 0.468. The van der Waals surface area contributed by atoms with Crippen molar-refractivity contribution >= 4 is 28.5 Å². The van der Waals surface area contributed by atoms with Crippen LogP contribution in [-0.2, 0) is 11.3 Å². The molecule has 6 rings (SSSR count). The third kappa shape index (κ3) is 3.27. The Morgan fingerprint density at radius 3 is 2.50 bits per heavy atom. The van der Waals surface area contributed by atoms with Gasteiger partial charge in [-0.05, 0) is 47.4 Å². The second-order valence-corrected chi connectivity index (χ2v) is 9.33. The summed E-state index contributed by atoms with van der Waals surface area (Å²) < 4.78 is 2.01. The van der Waals surface area contributed by atoms with Crippen LogP contribution in [0.15, 0.2) is 61.1 Å². The molecule has 0 aliphatic carbocycles. The van der Waals surface area contributed by atoms with E-state index in [0.717, 1.165) is 52.1 Å². The van der Waals surface area contributed by atoms with Crippen LogP contribution in [0.5, 0.6) is 0 Å². The van der Waals surface area contributed by atoms with Crippen molar-refractivity contribution in [3.63, 3.8) is 0 Å². The number of carbonyl (C=O) groups is 2. The Morgan fingerprint density at radius 2 is 1.74 bits per heavy atom. The molecule has 5 heterocycles. The van der Waals surface area contributed by atoms with Gasteiger partial charge in [0.25, 0.3) is 5.91 Å². The van der Waals surface area contributed by atoms with Crippen molar-refractivity contribution < 1.29 is 9.59 Å². The molecule has 7 nitrogen and oxygen atoms in total.